The molecule has 0 atom stereocenters. The van der Waals surface area contributed by atoms with Crippen LogP contribution in [0.15, 0.2) is 16.6 Å². The number of halogens is 1. The van der Waals surface area contributed by atoms with Crippen LogP contribution in [-0.2, 0) is 9.53 Å². The number of rotatable bonds is 7. The molecular weight excluding hydrogens is 390 g/mol. The van der Waals surface area contributed by atoms with Crippen LogP contribution in [0.1, 0.15) is 49.4 Å². The van der Waals surface area contributed by atoms with Gasteiger partial charge in [-0.05, 0) is 47.8 Å². The number of nitrogens with one attached hydrogen (secondary N) is 1. The average Bonchev–Trinajstić information content (AvgIpc) is 2.60. The topological polar surface area (TPSA) is 73.9 Å². The quantitative estimate of drug-likeness (QED) is 0.692. The molecule has 1 aliphatic carbocycles. The van der Waals surface area contributed by atoms with Gasteiger partial charge in [0.1, 0.15) is 0 Å². The molecule has 2 rings (SSSR count). The number of hydrogen-bond donors (Lipinski definition) is 1. The Balaban J connectivity index is 1.94. The first-order valence-electron chi connectivity index (χ1n) is 8.52. The van der Waals surface area contributed by atoms with E-state index >= 15 is 0 Å². The van der Waals surface area contributed by atoms with E-state index in [9.17, 15) is 9.59 Å². The highest BCUT2D eigenvalue weighted by atomic mass is 79.9. The van der Waals surface area contributed by atoms with Gasteiger partial charge in [0.25, 0.3) is 5.91 Å². The molecule has 138 valence electrons. The summed E-state index contributed by atoms with van der Waals surface area (Å²) >= 11 is 3.35. The van der Waals surface area contributed by atoms with Crippen molar-refractivity contribution in [2.45, 2.75) is 45.1 Å². The van der Waals surface area contributed by atoms with Crippen LogP contribution in [0.5, 0.6) is 11.5 Å². The van der Waals surface area contributed by atoms with Crippen LogP contribution in [0.2, 0.25) is 0 Å². The predicted molar refractivity (Wildman–Crippen MR) is 97.2 cm³/mol. The fraction of sp³-hybridized carbons (Fsp3) is 0.556. The summed E-state index contributed by atoms with van der Waals surface area (Å²) in [5, 5.41) is 2.92. The second-order valence-corrected chi connectivity index (χ2v) is 6.76. The SMILES string of the molecule is CCOc1cc(C(=O)OCC(=O)NC2CCCCC2)cc(Br)c1OC. The van der Waals surface area contributed by atoms with Crippen LogP contribution in [-0.4, -0.2) is 38.2 Å². The molecule has 0 aliphatic heterocycles. The summed E-state index contributed by atoms with van der Waals surface area (Å²) in [7, 11) is 1.52. The molecular formula is C18H24BrNO5. The zero-order chi connectivity index (χ0) is 18.2. The number of carbonyl (C=O) groups is 2. The molecule has 1 aromatic rings. The molecule has 1 aromatic carbocycles. The first kappa shape index (κ1) is 19.6. The minimum absolute atomic E-state index is 0.194. The molecule has 7 heteroatoms. The summed E-state index contributed by atoms with van der Waals surface area (Å²) in [6.45, 7) is 1.99. The van der Waals surface area contributed by atoms with Crippen molar-refractivity contribution in [3.05, 3.63) is 22.2 Å². The number of methoxy groups -OCH3 is 1. The Morgan fingerprint density at radius 2 is 1.96 bits per heavy atom. The monoisotopic (exact) mass is 413 g/mol. The van der Waals surface area contributed by atoms with Gasteiger partial charge in [-0.2, -0.15) is 0 Å². The largest absolute Gasteiger partial charge is 0.492 e. The van der Waals surface area contributed by atoms with E-state index in [1.165, 1.54) is 13.5 Å². The van der Waals surface area contributed by atoms with E-state index < -0.39 is 5.97 Å². The van der Waals surface area contributed by atoms with Gasteiger partial charge >= 0.3 is 5.97 Å². The van der Waals surface area contributed by atoms with Gasteiger partial charge in [0.15, 0.2) is 18.1 Å². The van der Waals surface area contributed by atoms with E-state index in [0.717, 1.165) is 25.7 Å². The number of carbonyl (C=O) groups excluding carboxylic acids is 2. The van der Waals surface area contributed by atoms with Crippen molar-refractivity contribution in [1.29, 1.82) is 0 Å². The van der Waals surface area contributed by atoms with Gasteiger partial charge < -0.3 is 19.5 Å². The lowest BCUT2D eigenvalue weighted by atomic mass is 9.95. The van der Waals surface area contributed by atoms with E-state index in [-0.39, 0.29) is 18.6 Å². The zero-order valence-corrected chi connectivity index (χ0v) is 16.2. The molecule has 25 heavy (non-hydrogen) atoms. The van der Waals surface area contributed by atoms with Crippen molar-refractivity contribution >= 4 is 27.8 Å². The molecule has 1 fully saturated rings. The third-order valence-electron chi connectivity index (χ3n) is 4.05. The van der Waals surface area contributed by atoms with Crippen molar-refractivity contribution in [2.24, 2.45) is 0 Å². The number of benzene rings is 1. The Bertz CT molecular complexity index is 614. The smallest absolute Gasteiger partial charge is 0.338 e. The van der Waals surface area contributed by atoms with Crippen molar-refractivity contribution in [3.8, 4) is 11.5 Å². The number of hydrogen-bond acceptors (Lipinski definition) is 5. The first-order chi connectivity index (χ1) is 12.0. The molecule has 0 radical (unpaired) electrons. The fourth-order valence-corrected chi connectivity index (χ4v) is 3.48. The Morgan fingerprint density at radius 3 is 2.60 bits per heavy atom. The third-order valence-corrected chi connectivity index (χ3v) is 4.64. The average molecular weight is 414 g/mol. The van der Waals surface area contributed by atoms with Gasteiger partial charge in [-0.1, -0.05) is 19.3 Å². The zero-order valence-electron chi connectivity index (χ0n) is 14.6. The van der Waals surface area contributed by atoms with Gasteiger partial charge in [-0.3, -0.25) is 4.79 Å². The normalized spacial score (nSPS) is 14.7. The molecule has 0 spiro atoms. The third kappa shape index (κ3) is 5.63. The molecule has 1 N–H and O–H groups in total. The van der Waals surface area contributed by atoms with E-state index in [0.29, 0.717) is 28.1 Å². The van der Waals surface area contributed by atoms with E-state index in [2.05, 4.69) is 21.2 Å². The molecule has 0 saturated heterocycles. The molecule has 0 bridgehead atoms. The minimum Gasteiger partial charge on any atom is -0.492 e. The summed E-state index contributed by atoms with van der Waals surface area (Å²) in [5.74, 6) is 0.104. The van der Waals surface area contributed by atoms with Crippen LogP contribution in [0, 0.1) is 0 Å². The lowest BCUT2D eigenvalue weighted by Crippen LogP contribution is -2.38. The van der Waals surface area contributed by atoms with Crippen molar-refractivity contribution < 1.29 is 23.8 Å². The van der Waals surface area contributed by atoms with Gasteiger partial charge in [-0.15, -0.1) is 0 Å². The van der Waals surface area contributed by atoms with Crippen molar-refractivity contribution in [1.82, 2.24) is 5.32 Å². The van der Waals surface area contributed by atoms with Crippen LogP contribution < -0.4 is 14.8 Å². The lowest BCUT2D eigenvalue weighted by molar-refractivity contribution is -0.125. The lowest BCUT2D eigenvalue weighted by Gasteiger charge is -2.22. The van der Waals surface area contributed by atoms with E-state index in [1.807, 2.05) is 6.92 Å². The Labute approximate surface area is 156 Å². The standard InChI is InChI=1S/C18H24BrNO5/c1-3-24-15-10-12(9-14(19)17(15)23-2)18(22)25-11-16(21)20-13-7-5-4-6-8-13/h9-10,13H,3-8,11H2,1-2H3,(H,20,21). The summed E-state index contributed by atoms with van der Waals surface area (Å²) in [6, 6.07) is 3.33. The Morgan fingerprint density at radius 1 is 1.24 bits per heavy atom. The number of amides is 1. The maximum Gasteiger partial charge on any atom is 0.338 e. The van der Waals surface area contributed by atoms with Gasteiger partial charge in [0.05, 0.1) is 23.8 Å². The number of ether oxygens (including phenoxy) is 3. The van der Waals surface area contributed by atoms with E-state index in [1.54, 1.807) is 12.1 Å². The fourth-order valence-electron chi connectivity index (χ4n) is 2.88. The maximum absolute atomic E-state index is 12.2. The second-order valence-electron chi connectivity index (χ2n) is 5.90. The Hall–Kier alpha value is -1.76. The highest BCUT2D eigenvalue weighted by Crippen LogP contribution is 2.36. The molecule has 1 saturated carbocycles. The number of esters is 1. The molecule has 1 aliphatic rings. The predicted octanol–water partition coefficient (Wildman–Crippen LogP) is 3.46. The minimum atomic E-state index is -0.580. The summed E-state index contributed by atoms with van der Waals surface area (Å²) in [4.78, 5) is 24.2. The van der Waals surface area contributed by atoms with Gasteiger partial charge in [0, 0.05) is 6.04 Å². The highest BCUT2D eigenvalue weighted by Gasteiger charge is 2.19. The van der Waals surface area contributed by atoms with Crippen LogP contribution >= 0.6 is 15.9 Å². The van der Waals surface area contributed by atoms with Gasteiger partial charge in [0.2, 0.25) is 0 Å². The molecule has 1 amide bonds. The molecule has 0 unspecified atom stereocenters. The van der Waals surface area contributed by atoms with Crippen molar-refractivity contribution in [2.75, 3.05) is 20.3 Å². The Kier molecular flexibility index (Phi) is 7.55. The second kappa shape index (κ2) is 9.65. The molecule has 0 aromatic heterocycles. The first-order valence-corrected chi connectivity index (χ1v) is 9.31. The summed E-state index contributed by atoms with van der Waals surface area (Å²) < 4.78 is 16.4. The van der Waals surface area contributed by atoms with Crippen LogP contribution in [0.4, 0.5) is 0 Å². The van der Waals surface area contributed by atoms with Crippen LogP contribution in [0.25, 0.3) is 0 Å². The maximum atomic E-state index is 12.2. The summed E-state index contributed by atoms with van der Waals surface area (Å²) in [6.07, 6.45) is 5.46. The molecule has 0 heterocycles. The molecule has 6 nitrogen and oxygen atoms in total. The van der Waals surface area contributed by atoms with Crippen molar-refractivity contribution in [3.63, 3.8) is 0 Å². The highest BCUT2D eigenvalue weighted by molar-refractivity contribution is 9.10. The van der Waals surface area contributed by atoms with Gasteiger partial charge in [-0.25, -0.2) is 4.79 Å². The van der Waals surface area contributed by atoms with E-state index in [4.69, 9.17) is 14.2 Å². The van der Waals surface area contributed by atoms with Crippen LogP contribution in [0.3, 0.4) is 0 Å². The summed E-state index contributed by atoms with van der Waals surface area (Å²) in [5.41, 5.74) is 0.293.